The van der Waals surface area contributed by atoms with Crippen molar-refractivity contribution in [2.45, 2.75) is 25.5 Å². The van der Waals surface area contributed by atoms with Gasteiger partial charge in [-0.05, 0) is 18.6 Å². The molecule has 1 aliphatic rings. The molecule has 2 unspecified atom stereocenters. The third-order valence-corrected chi connectivity index (χ3v) is 2.87. The average molecular weight is 253 g/mol. The van der Waals surface area contributed by atoms with Crippen molar-refractivity contribution >= 4 is 11.9 Å². The average Bonchev–Trinajstić information content (AvgIpc) is 2.84. The smallest absolute Gasteiger partial charge is 0.335 e. The van der Waals surface area contributed by atoms with E-state index in [1.54, 1.807) is 12.1 Å². The number of rotatable bonds is 4. The van der Waals surface area contributed by atoms with Gasteiger partial charge in [0.25, 0.3) is 0 Å². The van der Waals surface area contributed by atoms with Gasteiger partial charge in [0.05, 0.1) is 6.26 Å². The molecule has 1 N–H and O–H groups in total. The minimum atomic E-state index is -1.09. The second-order valence-corrected chi connectivity index (χ2v) is 4.12. The molecule has 0 aromatic carbocycles. The van der Waals surface area contributed by atoms with Crippen LogP contribution in [0.1, 0.15) is 25.1 Å². The minimum Gasteiger partial charge on any atom is -0.479 e. The molecular formula is C12H15NO5. The number of morpholine rings is 1. The summed E-state index contributed by atoms with van der Waals surface area (Å²) >= 11 is 0. The van der Waals surface area contributed by atoms with Crippen molar-refractivity contribution in [2.75, 3.05) is 13.2 Å². The summed E-state index contributed by atoms with van der Waals surface area (Å²) in [7, 11) is 0. The fourth-order valence-corrected chi connectivity index (χ4v) is 2.13. The Labute approximate surface area is 104 Å². The number of ether oxygens (including phenoxy) is 1. The van der Waals surface area contributed by atoms with Gasteiger partial charge in [-0.3, -0.25) is 4.79 Å². The number of furan rings is 1. The van der Waals surface area contributed by atoms with Crippen LogP contribution in [0.3, 0.4) is 0 Å². The lowest BCUT2D eigenvalue weighted by Crippen LogP contribution is -2.51. The van der Waals surface area contributed by atoms with Crippen LogP contribution in [-0.2, 0) is 14.3 Å². The highest BCUT2D eigenvalue weighted by atomic mass is 16.5. The maximum atomic E-state index is 11.8. The first kappa shape index (κ1) is 12.6. The predicted octanol–water partition coefficient (Wildman–Crippen LogP) is 1.04. The molecule has 0 radical (unpaired) electrons. The monoisotopic (exact) mass is 253 g/mol. The Kier molecular flexibility index (Phi) is 3.66. The maximum Gasteiger partial charge on any atom is 0.335 e. The molecular weight excluding hydrogens is 238 g/mol. The lowest BCUT2D eigenvalue weighted by atomic mass is 10.0. The van der Waals surface area contributed by atoms with Gasteiger partial charge in [0, 0.05) is 6.54 Å². The first-order valence-corrected chi connectivity index (χ1v) is 5.82. The molecule has 98 valence electrons. The van der Waals surface area contributed by atoms with Gasteiger partial charge in [0.2, 0.25) is 5.91 Å². The number of amides is 1. The van der Waals surface area contributed by atoms with Crippen molar-refractivity contribution in [3.8, 4) is 0 Å². The lowest BCUT2D eigenvalue weighted by Gasteiger charge is -2.37. The molecule has 1 aromatic rings. The zero-order chi connectivity index (χ0) is 13.1. The van der Waals surface area contributed by atoms with Gasteiger partial charge in [-0.1, -0.05) is 6.92 Å². The first-order chi connectivity index (χ1) is 8.65. The van der Waals surface area contributed by atoms with E-state index in [0.29, 0.717) is 12.3 Å². The van der Waals surface area contributed by atoms with E-state index in [9.17, 15) is 14.7 Å². The number of aliphatic carboxylic acids is 1. The molecule has 0 bridgehead atoms. The quantitative estimate of drug-likeness (QED) is 0.867. The van der Waals surface area contributed by atoms with E-state index in [0.717, 1.165) is 6.42 Å². The number of hydrogen-bond acceptors (Lipinski definition) is 4. The summed E-state index contributed by atoms with van der Waals surface area (Å²) in [6, 6.07) is 2.63. The van der Waals surface area contributed by atoms with Gasteiger partial charge in [-0.25, -0.2) is 4.79 Å². The molecule has 1 fully saturated rings. The van der Waals surface area contributed by atoms with Crippen LogP contribution in [0.5, 0.6) is 0 Å². The lowest BCUT2D eigenvalue weighted by molar-refractivity contribution is -0.174. The summed E-state index contributed by atoms with van der Waals surface area (Å²) < 4.78 is 10.4. The number of carboxylic acid groups (broad SMARTS) is 1. The third kappa shape index (κ3) is 2.24. The van der Waals surface area contributed by atoms with Gasteiger partial charge in [0.1, 0.15) is 18.4 Å². The molecule has 0 saturated carbocycles. The van der Waals surface area contributed by atoms with Crippen molar-refractivity contribution in [3.63, 3.8) is 0 Å². The summed E-state index contributed by atoms with van der Waals surface area (Å²) in [6.45, 7) is 2.21. The molecule has 18 heavy (non-hydrogen) atoms. The van der Waals surface area contributed by atoms with E-state index in [1.807, 2.05) is 6.92 Å². The highest BCUT2D eigenvalue weighted by molar-refractivity contribution is 5.82. The van der Waals surface area contributed by atoms with Crippen LogP contribution < -0.4 is 0 Å². The second kappa shape index (κ2) is 5.22. The summed E-state index contributed by atoms with van der Waals surface area (Å²) in [6.07, 6.45) is 1.12. The molecule has 1 aliphatic heterocycles. The molecule has 0 aliphatic carbocycles. The molecule has 2 rings (SSSR count). The Balaban J connectivity index is 2.34. The minimum absolute atomic E-state index is 0.200. The largest absolute Gasteiger partial charge is 0.479 e. The Morgan fingerprint density at radius 2 is 2.39 bits per heavy atom. The SMILES string of the molecule is CCCN1C(=O)COC(C(=O)O)C1c1ccco1. The van der Waals surface area contributed by atoms with Crippen molar-refractivity contribution in [1.29, 1.82) is 0 Å². The number of nitrogens with zero attached hydrogens (tertiary/aromatic N) is 1. The van der Waals surface area contributed by atoms with Crippen LogP contribution in [-0.4, -0.2) is 41.1 Å². The van der Waals surface area contributed by atoms with Gasteiger partial charge >= 0.3 is 5.97 Å². The van der Waals surface area contributed by atoms with Crippen LogP contribution >= 0.6 is 0 Å². The maximum absolute atomic E-state index is 11.8. The summed E-state index contributed by atoms with van der Waals surface area (Å²) in [5.74, 6) is -0.871. The van der Waals surface area contributed by atoms with E-state index >= 15 is 0 Å². The Morgan fingerprint density at radius 3 is 2.94 bits per heavy atom. The van der Waals surface area contributed by atoms with Crippen molar-refractivity contribution in [2.24, 2.45) is 0 Å². The molecule has 2 heterocycles. The van der Waals surface area contributed by atoms with Gasteiger partial charge in [-0.15, -0.1) is 0 Å². The Morgan fingerprint density at radius 1 is 1.61 bits per heavy atom. The molecule has 0 spiro atoms. The van der Waals surface area contributed by atoms with Crippen molar-refractivity contribution < 1.29 is 23.8 Å². The molecule has 1 aromatic heterocycles. The van der Waals surface area contributed by atoms with Crippen LogP contribution in [0.2, 0.25) is 0 Å². The highest BCUT2D eigenvalue weighted by Gasteiger charge is 2.42. The predicted molar refractivity (Wildman–Crippen MR) is 60.8 cm³/mol. The first-order valence-electron chi connectivity index (χ1n) is 5.82. The van der Waals surface area contributed by atoms with Crippen LogP contribution in [0.15, 0.2) is 22.8 Å². The zero-order valence-corrected chi connectivity index (χ0v) is 10.0. The zero-order valence-electron chi connectivity index (χ0n) is 10.0. The second-order valence-electron chi connectivity index (χ2n) is 4.12. The number of carbonyl (C=O) groups is 2. The topological polar surface area (TPSA) is 80.0 Å². The third-order valence-electron chi connectivity index (χ3n) is 2.87. The molecule has 6 nitrogen and oxygen atoms in total. The fraction of sp³-hybridized carbons (Fsp3) is 0.500. The van der Waals surface area contributed by atoms with Crippen molar-refractivity contribution in [3.05, 3.63) is 24.2 Å². The molecule has 1 amide bonds. The van der Waals surface area contributed by atoms with E-state index < -0.39 is 18.1 Å². The molecule has 2 atom stereocenters. The van der Waals surface area contributed by atoms with E-state index in [1.165, 1.54) is 11.2 Å². The van der Waals surface area contributed by atoms with Crippen LogP contribution in [0, 0.1) is 0 Å². The van der Waals surface area contributed by atoms with Crippen molar-refractivity contribution in [1.82, 2.24) is 4.90 Å². The number of carbonyl (C=O) groups excluding carboxylic acids is 1. The van der Waals surface area contributed by atoms with Crippen LogP contribution in [0.4, 0.5) is 0 Å². The Bertz CT molecular complexity index is 428. The summed E-state index contributed by atoms with van der Waals surface area (Å²) in [5.41, 5.74) is 0. The van der Waals surface area contributed by atoms with Gasteiger partial charge in [-0.2, -0.15) is 0 Å². The van der Waals surface area contributed by atoms with E-state index in [2.05, 4.69) is 0 Å². The Hall–Kier alpha value is -1.82. The summed E-state index contributed by atoms with van der Waals surface area (Å²) in [4.78, 5) is 24.6. The van der Waals surface area contributed by atoms with E-state index in [-0.39, 0.29) is 12.5 Å². The number of hydrogen-bond donors (Lipinski definition) is 1. The fourth-order valence-electron chi connectivity index (χ4n) is 2.13. The molecule has 1 saturated heterocycles. The van der Waals surface area contributed by atoms with Crippen LogP contribution in [0.25, 0.3) is 0 Å². The van der Waals surface area contributed by atoms with E-state index in [4.69, 9.17) is 9.15 Å². The highest BCUT2D eigenvalue weighted by Crippen LogP contribution is 2.30. The van der Waals surface area contributed by atoms with Gasteiger partial charge in [0.15, 0.2) is 6.10 Å². The van der Waals surface area contributed by atoms with Gasteiger partial charge < -0.3 is 19.2 Å². The standard InChI is InChI=1S/C12H15NO5/c1-2-5-13-9(14)7-18-11(12(15)16)10(13)8-4-3-6-17-8/h3-4,6,10-11H,2,5,7H2,1H3,(H,15,16). The molecule has 6 heteroatoms. The number of carboxylic acids is 1. The summed E-state index contributed by atoms with van der Waals surface area (Å²) in [5, 5.41) is 9.18. The normalized spacial score (nSPS) is 24.3.